The van der Waals surface area contributed by atoms with Crippen LogP contribution in [0.2, 0.25) is 0 Å². The lowest BCUT2D eigenvalue weighted by molar-refractivity contribution is 0.577. The summed E-state index contributed by atoms with van der Waals surface area (Å²) in [4.78, 5) is 0. The fourth-order valence-corrected chi connectivity index (χ4v) is 2.95. The van der Waals surface area contributed by atoms with Gasteiger partial charge in [0.15, 0.2) is 0 Å². The number of hydrogen-bond donors (Lipinski definition) is 0. The fraction of sp³-hybridized carbons (Fsp3) is 0.455. The minimum atomic E-state index is -0.153. The SMILES string of the molecule is Fc1cc(Br)cc(CC2(CBr)CC2)c1. The van der Waals surface area contributed by atoms with Gasteiger partial charge in [-0.3, -0.25) is 0 Å². The van der Waals surface area contributed by atoms with Crippen LogP contribution in [0, 0.1) is 11.2 Å². The van der Waals surface area contributed by atoms with Gasteiger partial charge in [-0.25, -0.2) is 4.39 Å². The molecule has 0 atom stereocenters. The highest BCUT2D eigenvalue weighted by molar-refractivity contribution is 9.10. The highest BCUT2D eigenvalue weighted by atomic mass is 79.9. The Morgan fingerprint density at radius 3 is 2.50 bits per heavy atom. The Kier molecular flexibility index (Phi) is 2.98. The molecule has 0 aliphatic heterocycles. The third-order valence-electron chi connectivity index (χ3n) is 2.74. The Labute approximate surface area is 100 Å². The van der Waals surface area contributed by atoms with Crippen molar-refractivity contribution in [1.82, 2.24) is 0 Å². The molecule has 1 aliphatic carbocycles. The number of rotatable bonds is 3. The molecule has 0 heterocycles. The molecule has 1 aliphatic rings. The molecule has 0 spiro atoms. The Hall–Kier alpha value is 0.110. The molecule has 0 unspecified atom stereocenters. The zero-order valence-corrected chi connectivity index (χ0v) is 10.9. The van der Waals surface area contributed by atoms with Crippen LogP contribution in [0.15, 0.2) is 22.7 Å². The van der Waals surface area contributed by atoms with Crippen LogP contribution in [0.1, 0.15) is 18.4 Å². The minimum absolute atomic E-state index is 0.153. The summed E-state index contributed by atoms with van der Waals surface area (Å²) in [6.45, 7) is 0. The van der Waals surface area contributed by atoms with E-state index in [0.29, 0.717) is 5.41 Å². The van der Waals surface area contributed by atoms with Crippen LogP contribution in [0.3, 0.4) is 0 Å². The molecule has 2 rings (SSSR count). The molecule has 0 bridgehead atoms. The highest BCUT2D eigenvalue weighted by Gasteiger charge is 2.41. The summed E-state index contributed by atoms with van der Waals surface area (Å²) in [5, 5.41) is 1.02. The lowest BCUT2D eigenvalue weighted by atomic mass is 9.99. The maximum absolute atomic E-state index is 13.1. The van der Waals surface area contributed by atoms with Gasteiger partial charge in [-0.2, -0.15) is 0 Å². The summed E-state index contributed by atoms with van der Waals surface area (Å²) >= 11 is 6.83. The van der Waals surface area contributed by atoms with Crippen molar-refractivity contribution in [3.63, 3.8) is 0 Å². The Morgan fingerprint density at radius 1 is 1.29 bits per heavy atom. The van der Waals surface area contributed by atoms with Crippen molar-refractivity contribution in [2.45, 2.75) is 19.3 Å². The first-order valence-corrected chi connectivity index (χ1v) is 6.56. The second-order valence-electron chi connectivity index (χ2n) is 4.09. The molecule has 1 aromatic rings. The summed E-state index contributed by atoms with van der Waals surface area (Å²) < 4.78 is 13.9. The molecule has 3 heteroatoms. The molecule has 76 valence electrons. The van der Waals surface area contributed by atoms with Crippen LogP contribution in [-0.2, 0) is 6.42 Å². The van der Waals surface area contributed by atoms with Crippen LogP contribution in [0.25, 0.3) is 0 Å². The van der Waals surface area contributed by atoms with E-state index in [4.69, 9.17) is 0 Å². The predicted molar refractivity (Wildman–Crippen MR) is 63.3 cm³/mol. The molecule has 0 N–H and O–H groups in total. The van der Waals surface area contributed by atoms with Crippen molar-refractivity contribution in [1.29, 1.82) is 0 Å². The van der Waals surface area contributed by atoms with Gasteiger partial charge in [0.25, 0.3) is 0 Å². The molecular formula is C11H11Br2F. The lowest BCUT2D eigenvalue weighted by Crippen LogP contribution is -2.06. The Balaban J connectivity index is 2.16. The first kappa shape index (κ1) is 10.6. The Morgan fingerprint density at radius 2 is 2.00 bits per heavy atom. The molecule has 0 radical (unpaired) electrons. The first-order valence-electron chi connectivity index (χ1n) is 4.65. The fourth-order valence-electron chi connectivity index (χ4n) is 1.68. The average Bonchev–Trinajstić information content (AvgIpc) is 2.83. The van der Waals surface area contributed by atoms with Crippen LogP contribution in [0.5, 0.6) is 0 Å². The quantitative estimate of drug-likeness (QED) is 0.728. The molecule has 14 heavy (non-hydrogen) atoms. The summed E-state index contributed by atoms with van der Waals surface area (Å²) in [5.41, 5.74) is 1.50. The average molecular weight is 322 g/mol. The highest BCUT2D eigenvalue weighted by Crippen LogP contribution is 2.49. The van der Waals surface area contributed by atoms with Crippen LogP contribution < -0.4 is 0 Å². The van der Waals surface area contributed by atoms with Crippen molar-refractivity contribution in [2.75, 3.05) is 5.33 Å². The standard InChI is InChI=1S/C11H11Br2F/c12-7-11(1-2-11)6-8-3-9(13)5-10(14)4-8/h3-5H,1-2,6-7H2. The first-order chi connectivity index (χ1) is 6.63. The van der Waals surface area contributed by atoms with Crippen LogP contribution in [0.4, 0.5) is 4.39 Å². The zero-order valence-electron chi connectivity index (χ0n) is 7.69. The van der Waals surface area contributed by atoms with Crippen molar-refractivity contribution in [3.05, 3.63) is 34.1 Å². The summed E-state index contributed by atoms with van der Waals surface area (Å²) in [6, 6.07) is 5.14. The lowest BCUT2D eigenvalue weighted by Gasteiger charge is -2.11. The van der Waals surface area contributed by atoms with E-state index < -0.39 is 0 Å². The smallest absolute Gasteiger partial charge is 0.124 e. The molecule has 1 aromatic carbocycles. The molecule has 0 saturated heterocycles. The van der Waals surface area contributed by atoms with Crippen molar-refractivity contribution in [2.24, 2.45) is 5.41 Å². The second-order valence-corrected chi connectivity index (χ2v) is 5.56. The molecule has 1 fully saturated rings. The molecule has 1 saturated carbocycles. The number of benzene rings is 1. The van der Waals surface area contributed by atoms with Crippen molar-refractivity contribution < 1.29 is 4.39 Å². The molecule has 0 amide bonds. The number of hydrogen-bond acceptors (Lipinski definition) is 0. The molecular weight excluding hydrogens is 311 g/mol. The van der Waals surface area contributed by atoms with Crippen LogP contribution >= 0.6 is 31.9 Å². The van der Waals surface area contributed by atoms with E-state index in [9.17, 15) is 4.39 Å². The van der Waals surface area contributed by atoms with E-state index in [-0.39, 0.29) is 5.82 Å². The van der Waals surface area contributed by atoms with E-state index in [2.05, 4.69) is 31.9 Å². The van der Waals surface area contributed by atoms with Gasteiger partial charge in [0.1, 0.15) is 5.82 Å². The zero-order chi connectivity index (χ0) is 10.2. The topological polar surface area (TPSA) is 0 Å². The van der Waals surface area contributed by atoms with E-state index in [0.717, 1.165) is 21.8 Å². The number of alkyl halides is 1. The van der Waals surface area contributed by atoms with Gasteiger partial charge in [-0.05, 0) is 48.4 Å². The second kappa shape index (κ2) is 3.93. The van der Waals surface area contributed by atoms with Gasteiger partial charge in [0, 0.05) is 9.80 Å². The summed E-state index contributed by atoms with van der Waals surface area (Å²) in [7, 11) is 0. The Bertz CT molecular complexity index is 325. The molecule has 0 nitrogen and oxygen atoms in total. The van der Waals surface area contributed by atoms with Gasteiger partial charge >= 0.3 is 0 Å². The third-order valence-corrected chi connectivity index (χ3v) is 4.39. The third kappa shape index (κ3) is 2.37. The normalized spacial score (nSPS) is 18.2. The van der Waals surface area contributed by atoms with Crippen LogP contribution in [-0.4, -0.2) is 5.33 Å². The van der Waals surface area contributed by atoms with Crippen molar-refractivity contribution in [3.8, 4) is 0 Å². The maximum Gasteiger partial charge on any atom is 0.124 e. The van der Waals surface area contributed by atoms with Gasteiger partial charge < -0.3 is 0 Å². The minimum Gasteiger partial charge on any atom is -0.207 e. The van der Waals surface area contributed by atoms with E-state index in [1.807, 2.05) is 6.07 Å². The predicted octanol–water partition coefficient (Wildman–Crippen LogP) is 4.31. The van der Waals surface area contributed by atoms with Crippen molar-refractivity contribution >= 4 is 31.9 Å². The van der Waals surface area contributed by atoms with E-state index >= 15 is 0 Å². The monoisotopic (exact) mass is 320 g/mol. The van der Waals surface area contributed by atoms with E-state index in [1.165, 1.54) is 18.9 Å². The van der Waals surface area contributed by atoms with Gasteiger partial charge in [0.05, 0.1) is 0 Å². The summed E-state index contributed by atoms with van der Waals surface area (Å²) in [5.74, 6) is -0.153. The van der Waals surface area contributed by atoms with Gasteiger partial charge in [0.2, 0.25) is 0 Å². The number of halogens is 3. The van der Waals surface area contributed by atoms with Gasteiger partial charge in [-0.1, -0.05) is 31.9 Å². The molecule has 0 aromatic heterocycles. The van der Waals surface area contributed by atoms with E-state index in [1.54, 1.807) is 6.07 Å². The van der Waals surface area contributed by atoms with Gasteiger partial charge in [-0.15, -0.1) is 0 Å². The maximum atomic E-state index is 13.1. The summed E-state index contributed by atoms with van der Waals surface area (Å²) in [6.07, 6.45) is 3.49. The largest absolute Gasteiger partial charge is 0.207 e.